The third kappa shape index (κ3) is 5.51. The highest BCUT2D eigenvalue weighted by Gasteiger charge is 2.29. The molecule has 2 amide bonds. The molecule has 1 aliphatic rings. The molecule has 0 heterocycles. The van der Waals surface area contributed by atoms with Gasteiger partial charge in [0.1, 0.15) is 11.6 Å². The van der Waals surface area contributed by atoms with E-state index in [0.717, 1.165) is 25.7 Å². The number of nitrogens with one attached hydrogen (secondary N) is 2. The van der Waals surface area contributed by atoms with Crippen molar-refractivity contribution < 1.29 is 18.7 Å². The third-order valence-corrected chi connectivity index (χ3v) is 4.09. The van der Waals surface area contributed by atoms with Crippen molar-refractivity contribution in [1.82, 2.24) is 10.6 Å². The predicted octanol–water partition coefficient (Wildman–Crippen LogP) is 2.55. The van der Waals surface area contributed by atoms with Crippen LogP contribution in [-0.2, 0) is 9.59 Å². The molecule has 0 aliphatic heterocycles. The van der Waals surface area contributed by atoms with Crippen molar-refractivity contribution in [2.45, 2.75) is 57.6 Å². The number of halogens is 1. The molecule has 1 fully saturated rings. The summed E-state index contributed by atoms with van der Waals surface area (Å²) in [5.74, 6) is -0.312. The molecule has 0 saturated heterocycles. The molecule has 0 bridgehead atoms. The van der Waals surface area contributed by atoms with Crippen LogP contribution in [0.2, 0.25) is 0 Å². The van der Waals surface area contributed by atoms with E-state index in [2.05, 4.69) is 10.6 Å². The average molecular weight is 336 g/mol. The number of carbonyl (C=O) groups excluding carboxylic acids is 2. The van der Waals surface area contributed by atoms with E-state index < -0.39 is 5.60 Å². The molecule has 0 atom stereocenters. The normalized spacial score (nSPS) is 15.1. The van der Waals surface area contributed by atoms with Crippen LogP contribution in [0.1, 0.15) is 46.0 Å². The van der Waals surface area contributed by atoms with Gasteiger partial charge in [0.2, 0.25) is 5.91 Å². The number of carbonyl (C=O) groups is 2. The monoisotopic (exact) mass is 336 g/mol. The Morgan fingerprint density at radius 3 is 2.46 bits per heavy atom. The molecule has 1 saturated carbocycles. The Balaban J connectivity index is 1.73. The largest absolute Gasteiger partial charge is 0.478 e. The van der Waals surface area contributed by atoms with Gasteiger partial charge in [0.15, 0.2) is 5.60 Å². The van der Waals surface area contributed by atoms with E-state index in [4.69, 9.17) is 4.74 Å². The van der Waals surface area contributed by atoms with Gasteiger partial charge in [0.05, 0.1) is 0 Å². The maximum absolute atomic E-state index is 12.9. The van der Waals surface area contributed by atoms with E-state index in [1.54, 1.807) is 13.8 Å². The third-order valence-electron chi connectivity index (χ3n) is 4.09. The van der Waals surface area contributed by atoms with Gasteiger partial charge in [-0.15, -0.1) is 0 Å². The van der Waals surface area contributed by atoms with Crippen LogP contribution in [0.15, 0.2) is 24.3 Å². The SMILES string of the molecule is CC(C)(Oc1ccc(F)cc1)C(=O)NCCC(=O)NC1CCCC1. The van der Waals surface area contributed by atoms with E-state index in [1.165, 1.54) is 24.3 Å². The molecule has 24 heavy (non-hydrogen) atoms. The summed E-state index contributed by atoms with van der Waals surface area (Å²) in [6.07, 6.45) is 4.65. The van der Waals surface area contributed by atoms with E-state index in [1.807, 2.05) is 0 Å². The van der Waals surface area contributed by atoms with Gasteiger partial charge >= 0.3 is 0 Å². The molecule has 2 rings (SSSR count). The Hall–Kier alpha value is -2.11. The van der Waals surface area contributed by atoms with E-state index in [9.17, 15) is 14.0 Å². The van der Waals surface area contributed by atoms with Gasteiger partial charge in [-0.3, -0.25) is 9.59 Å². The highest BCUT2D eigenvalue weighted by atomic mass is 19.1. The fraction of sp³-hybridized carbons (Fsp3) is 0.556. The second-order valence-corrected chi connectivity index (χ2v) is 6.62. The minimum atomic E-state index is -1.11. The molecule has 1 aromatic rings. The summed E-state index contributed by atoms with van der Waals surface area (Å²) < 4.78 is 18.5. The fourth-order valence-corrected chi connectivity index (χ4v) is 2.72. The van der Waals surface area contributed by atoms with Crippen LogP contribution in [0.4, 0.5) is 4.39 Å². The first kappa shape index (κ1) is 18.2. The van der Waals surface area contributed by atoms with Crippen molar-refractivity contribution in [1.29, 1.82) is 0 Å². The molecule has 5 nitrogen and oxygen atoms in total. The number of ether oxygens (including phenoxy) is 1. The van der Waals surface area contributed by atoms with Crippen molar-refractivity contribution in [2.75, 3.05) is 6.54 Å². The second kappa shape index (κ2) is 8.13. The van der Waals surface area contributed by atoms with Crippen molar-refractivity contribution in [3.8, 4) is 5.75 Å². The molecule has 0 spiro atoms. The van der Waals surface area contributed by atoms with Crippen LogP contribution in [0.5, 0.6) is 5.75 Å². The summed E-state index contributed by atoms with van der Waals surface area (Å²) in [6.45, 7) is 3.52. The minimum Gasteiger partial charge on any atom is -0.478 e. The number of benzene rings is 1. The van der Waals surface area contributed by atoms with E-state index in [0.29, 0.717) is 5.75 Å². The second-order valence-electron chi connectivity index (χ2n) is 6.62. The van der Waals surface area contributed by atoms with E-state index >= 15 is 0 Å². The van der Waals surface area contributed by atoms with Crippen LogP contribution in [0.3, 0.4) is 0 Å². The molecule has 2 N–H and O–H groups in total. The Bertz CT molecular complexity index is 566. The molecule has 0 radical (unpaired) electrons. The summed E-state index contributed by atoms with van der Waals surface area (Å²) in [4.78, 5) is 24.0. The maximum Gasteiger partial charge on any atom is 0.263 e. The number of amides is 2. The summed E-state index contributed by atoms with van der Waals surface area (Å²) >= 11 is 0. The van der Waals surface area contributed by atoms with Gasteiger partial charge in [0, 0.05) is 19.0 Å². The van der Waals surface area contributed by atoms with Crippen molar-refractivity contribution in [2.24, 2.45) is 0 Å². The zero-order valence-corrected chi connectivity index (χ0v) is 14.2. The lowest BCUT2D eigenvalue weighted by atomic mass is 10.1. The van der Waals surface area contributed by atoms with Crippen molar-refractivity contribution in [3.05, 3.63) is 30.1 Å². The standard InChI is InChI=1S/C18H25FN2O3/c1-18(2,24-15-9-7-13(19)8-10-15)17(23)20-12-11-16(22)21-14-5-3-4-6-14/h7-10,14H,3-6,11-12H2,1-2H3,(H,20,23)(H,21,22). The van der Waals surface area contributed by atoms with Crippen LogP contribution in [0, 0.1) is 5.82 Å². The molecule has 0 aromatic heterocycles. The molecule has 1 aliphatic carbocycles. The lowest BCUT2D eigenvalue weighted by Crippen LogP contribution is -2.47. The fourth-order valence-electron chi connectivity index (χ4n) is 2.72. The molecule has 6 heteroatoms. The number of hydrogen-bond acceptors (Lipinski definition) is 3. The first-order valence-electron chi connectivity index (χ1n) is 8.39. The van der Waals surface area contributed by atoms with Crippen LogP contribution in [-0.4, -0.2) is 30.0 Å². The maximum atomic E-state index is 12.9. The summed E-state index contributed by atoms with van der Waals surface area (Å²) in [5, 5.41) is 5.69. The summed E-state index contributed by atoms with van der Waals surface area (Å²) in [5.41, 5.74) is -1.11. The quantitative estimate of drug-likeness (QED) is 0.804. The summed E-state index contributed by atoms with van der Waals surface area (Å²) in [6, 6.07) is 5.78. The molecule has 1 aromatic carbocycles. The van der Waals surface area contributed by atoms with Gasteiger partial charge in [0.25, 0.3) is 5.91 Å². The lowest BCUT2D eigenvalue weighted by Gasteiger charge is -2.25. The minimum absolute atomic E-state index is 0.0422. The topological polar surface area (TPSA) is 67.4 Å². The zero-order chi connectivity index (χ0) is 17.6. The van der Waals surface area contributed by atoms with Crippen LogP contribution in [0.25, 0.3) is 0 Å². The highest BCUT2D eigenvalue weighted by molar-refractivity contribution is 5.85. The van der Waals surface area contributed by atoms with Crippen LogP contribution < -0.4 is 15.4 Å². The smallest absolute Gasteiger partial charge is 0.263 e. The molecular weight excluding hydrogens is 311 g/mol. The Labute approximate surface area is 142 Å². The Morgan fingerprint density at radius 2 is 1.83 bits per heavy atom. The number of rotatable bonds is 7. The lowest BCUT2D eigenvalue weighted by molar-refractivity contribution is -0.134. The van der Waals surface area contributed by atoms with Gasteiger partial charge < -0.3 is 15.4 Å². The van der Waals surface area contributed by atoms with Gasteiger partial charge in [-0.25, -0.2) is 4.39 Å². The zero-order valence-electron chi connectivity index (χ0n) is 14.2. The number of hydrogen-bond donors (Lipinski definition) is 2. The van der Waals surface area contributed by atoms with Crippen molar-refractivity contribution >= 4 is 11.8 Å². The summed E-state index contributed by atoms with van der Waals surface area (Å²) in [7, 11) is 0. The van der Waals surface area contributed by atoms with Crippen molar-refractivity contribution in [3.63, 3.8) is 0 Å². The molecule has 132 valence electrons. The predicted molar refractivity (Wildman–Crippen MR) is 89.1 cm³/mol. The molecule has 0 unspecified atom stereocenters. The Kier molecular flexibility index (Phi) is 6.17. The van der Waals surface area contributed by atoms with E-state index in [-0.39, 0.29) is 36.6 Å². The van der Waals surface area contributed by atoms with Gasteiger partial charge in [-0.1, -0.05) is 12.8 Å². The van der Waals surface area contributed by atoms with Crippen LogP contribution >= 0.6 is 0 Å². The highest BCUT2D eigenvalue weighted by Crippen LogP contribution is 2.19. The Morgan fingerprint density at radius 1 is 1.21 bits per heavy atom. The van der Waals surface area contributed by atoms with Gasteiger partial charge in [-0.2, -0.15) is 0 Å². The first-order valence-corrected chi connectivity index (χ1v) is 8.39. The average Bonchev–Trinajstić information content (AvgIpc) is 3.02. The molecular formula is C18H25FN2O3. The first-order chi connectivity index (χ1) is 11.4. The van der Waals surface area contributed by atoms with Gasteiger partial charge in [-0.05, 0) is 51.0 Å².